The van der Waals surface area contributed by atoms with Crippen LogP contribution in [0.3, 0.4) is 0 Å². The largest absolute Gasteiger partial charge is 0.508 e. The summed E-state index contributed by atoms with van der Waals surface area (Å²) in [6.07, 6.45) is 1.44. The summed E-state index contributed by atoms with van der Waals surface area (Å²) in [4.78, 5) is 12.3. The fourth-order valence-corrected chi connectivity index (χ4v) is 3.51. The lowest BCUT2D eigenvalue weighted by atomic mass is 9.76. The third-order valence-electron chi connectivity index (χ3n) is 6.11. The fraction of sp³-hybridized carbons (Fsp3) is 0.400. The summed E-state index contributed by atoms with van der Waals surface area (Å²) in [5.74, 6) is 0.219. The summed E-state index contributed by atoms with van der Waals surface area (Å²) >= 11 is 0. The predicted octanol–water partition coefficient (Wildman–Crippen LogP) is 4.95. The molecule has 32 heavy (non-hydrogen) atoms. The zero-order chi connectivity index (χ0) is 23.5. The molecule has 0 atom stereocenters. The number of alkyl carbamates (subject to hydrolysis) is 1. The van der Waals surface area contributed by atoms with Gasteiger partial charge in [0.15, 0.2) is 0 Å². The summed E-state index contributed by atoms with van der Waals surface area (Å²) in [6, 6.07) is 12.9. The van der Waals surface area contributed by atoms with Gasteiger partial charge in [0.05, 0.1) is 11.2 Å². The van der Waals surface area contributed by atoms with E-state index >= 15 is 0 Å². The summed E-state index contributed by atoms with van der Waals surface area (Å²) < 4.78 is 17.8. The van der Waals surface area contributed by atoms with Crippen LogP contribution in [0, 0.1) is 13.8 Å². The minimum Gasteiger partial charge on any atom is -0.508 e. The Morgan fingerprint density at radius 3 is 2.19 bits per heavy atom. The smallest absolute Gasteiger partial charge is 0.492 e. The number of ether oxygens (including phenoxy) is 1. The van der Waals surface area contributed by atoms with Crippen LogP contribution in [-0.2, 0) is 20.7 Å². The molecule has 0 aliphatic carbocycles. The molecule has 0 unspecified atom stereocenters. The number of hydrogen-bond donors (Lipinski definition) is 2. The lowest BCUT2D eigenvalue weighted by Gasteiger charge is -2.32. The molecule has 2 aromatic carbocycles. The van der Waals surface area contributed by atoms with Gasteiger partial charge in [0, 0.05) is 6.54 Å². The molecule has 1 heterocycles. The van der Waals surface area contributed by atoms with E-state index in [-0.39, 0.29) is 18.9 Å². The molecule has 1 saturated heterocycles. The average Bonchev–Trinajstić information content (AvgIpc) is 2.93. The highest BCUT2D eigenvalue weighted by molar-refractivity contribution is 6.56. The molecule has 1 amide bonds. The van der Waals surface area contributed by atoms with Crippen LogP contribution in [0.4, 0.5) is 4.79 Å². The van der Waals surface area contributed by atoms with Gasteiger partial charge in [0.2, 0.25) is 0 Å². The summed E-state index contributed by atoms with van der Waals surface area (Å²) in [6.45, 7) is 12.2. The Morgan fingerprint density at radius 1 is 1.06 bits per heavy atom. The van der Waals surface area contributed by atoms with E-state index in [0.29, 0.717) is 0 Å². The molecule has 170 valence electrons. The minimum atomic E-state index is -0.623. The van der Waals surface area contributed by atoms with Crippen LogP contribution in [0.5, 0.6) is 5.75 Å². The molecule has 0 radical (unpaired) electrons. The number of aryl methyl sites for hydroxylation is 2. The number of hydrogen-bond acceptors (Lipinski definition) is 5. The molecule has 3 rings (SSSR count). The number of benzene rings is 2. The molecular weight excluding hydrogens is 405 g/mol. The molecule has 1 fully saturated rings. The van der Waals surface area contributed by atoms with E-state index in [4.69, 9.17) is 14.0 Å². The van der Waals surface area contributed by atoms with Crippen molar-refractivity contribution in [1.82, 2.24) is 5.32 Å². The number of rotatable bonds is 6. The normalized spacial score (nSPS) is 17.3. The van der Waals surface area contributed by atoms with Crippen molar-refractivity contribution in [2.75, 3.05) is 6.54 Å². The van der Waals surface area contributed by atoms with Crippen molar-refractivity contribution in [3.05, 3.63) is 70.2 Å². The molecule has 0 bridgehead atoms. The van der Waals surface area contributed by atoms with Gasteiger partial charge in [-0.3, -0.25) is 0 Å². The highest BCUT2D eigenvalue weighted by atomic mass is 16.7. The maximum Gasteiger partial charge on any atom is 0.492 e. The number of phenols is 1. The lowest BCUT2D eigenvalue weighted by molar-refractivity contribution is 0.00578. The van der Waals surface area contributed by atoms with Gasteiger partial charge in [0.25, 0.3) is 0 Å². The number of phenolic OH excluding ortho intramolecular Hbond substituents is 1. The van der Waals surface area contributed by atoms with Crippen LogP contribution in [0.1, 0.15) is 49.9 Å². The third-order valence-corrected chi connectivity index (χ3v) is 6.11. The number of amides is 1. The van der Waals surface area contributed by atoms with Crippen LogP contribution >= 0.6 is 0 Å². The highest BCUT2D eigenvalue weighted by Crippen LogP contribution is 2.39. The molecule has 1 aliphatic rings. The van der Waals surface area contributed by atoms with Gasteiger partial charge < -0.3 is 24.5 Å². The molecule has 2 N–H and O–H groups in total. The van der Waals surface area contributed by atoms with Crippen molar-refractivity contribution >= 4 is 19.3 Å². The van der Waals surface area contributed by atoms with Gasteiger partial charge in [-0.25, -0.2) is 4.79 Å². The first kappa shape index (κ1) is 23.9. The van der Waals surface area contributed by atoms with Crippen LogP contribution in [-0.4, -0.2) is 36.1 Å². The monoisotopic (exact) mass is 437 g/mol. The lowest BCUT2D eigenvalue weighted by Crippen LogP contribution is -2.41. The van der Waals surface area contributed by atoms with E-state index in [2.05, 4.69) is 5.32 Å². The molecule has 0 saturated carbocycles. The van der Waals surface area contributed by atoms with Crippen molar-refractivity contribution in [2.24, 2.45) is 0 Å². The maximum absolute atomic E-state index is 12.3. The molecule has 7 heteroatoms. The second-order valence-corrected chi connectivity index (χ2v) is 9.22. The first-order chi connectivity index (χ1) is 15.0. The number of carbonyl (C=O) groups is 1. The Balaban J connectivity index is 1.79. The maximum atomic E-state index is 12.3. The van der Waals surface area contributed by atoms with Gasteiger partial charge in [-0.15, -0.1) is 0 Å². The van der Waals surface area contributed by atoms with Crippen molar-refractivity contribution < 1.29 is 23.9 Å². The molecule has 0 spiro atoms. The van der Waals surface area contributed by atoms with Crippen molar-refractivity contribution in [2.45, 2.75) is 59.4 Å². The Kier molecular flexibility index (Phi) is 7.01. The van der Waals surface area contributed by atoms with Crippen molar-refractivity contribution in [3.63, 3.8) is 0 Å². The van der Waals surface area contributed by atoms with Gasteiger partial charge in [0.1, 0.15) is 12.4 Å². The van der Waals surface area contributed by atoms with Crippen LogP contribution in [0.15, 0.2) is 47.9 Å². The van der Waals surface area contributed by atoms with E-state index < -0.39 is 24.4 Å². The fourth-order valence-electron chi connectivity index (χ4n) is 3.51. The van der Waals surface area contributed by atoms with E-state index in [1.165, 1.54) is 0 Å². The summed E-state index contributed by atoms with van der Waals surface area (Å²) in [5, 5.41) is 12.7. The van der Waals surface area contributed by atoms with E-state index in [1.807, 2.05) is 78.0 Å². The second kappa shape index (κ2) is 9.39. The van der Waals surface area contributed by atoms with Crippen molar-refractivity contribution in [3.8, 4) is 5.75 Å². The first-order valence-corrected chi connectivity index (χ1v) is 10.8. The summed E-state index contributed by atoms with van der Waals surface area (Å²) in [7, 11) is -0.623. The topological polar surface area (TPSA) is 77.0 Å². The number of aromatic hydroxyl groups is 1. The Hall–Kier alpha value is -2.77. The minimum absolute atomic E-state index is 0.193. The summed E-state index contributed by atoms with van der Waals surface area (Å²) in [5.41, 5.74) is 3.45. The molecule has 6 nitrogen and oxygen atoms in total. The highest BCUT2D eigenvalue weighted by Gasteiger charge is 2.52. The van der Waals surface area contributed by atoms with E-state index in [9.17, 15) is 9.90 Å². The Morgan fingerprint density at radius 2 is 1.62 bits per heavy atom. The first-order valence-electron chi connectivity index (χ1n) is 10.8. The second-order valence-electron chi connectivity index (χ2n) is 9.22. The SMILES string of the molecule is Cc1cc(O)cc(C)c1C=C(CNC(=O)OCc1ccccc1)B1OC(C)(C)C(C)(C)O1. The van der Waals surface area contributed by atoms with E-state index in [1.54, 1.807) is 12.1 Å². The van der Waals surface area contributed by atoms with Crippen LogP contribution < -0.4 is 5.32 Å². The molecule has 1 aliphatic heterocycles. The zero-order valence-corrected chi connectivity index (χ0v) is 19.7. The quantitative estimate of drug-likeness (QED) is 0.626. The van der Waals surface area contributed by atoms with Crippen LogP contribution in [0.2, 0.25) is 0 Å². The van der Waals surface area contributed by atoms with E-state index in [0.717, 1.165) is 27.7 Å². The molecule has 2 aromatic rings. The zero-order valence-electron chi connectivity index (χ0n) is 19.7. The Labute approximate surface area is 190 Å². The number of nitrogens with one attached hydrogen (secondary N) is 1. The molecular formula is C25H32BNO5. The predicted molar refractivity (Wildman–Crippen MR) is 126 cm³/mol. The van der Waals surface area contributed by atoms with Gasteiger partial charge in [-0.2, -0.15) is 0 Å². The van der Waals surface area contributed by atoms with Gasteiger partial charge >= 0.3 is 13.2 Å². The van der Waals surface area contributed by atoms with Gasteiger partial charge in [-0.1, -0.05) is 36.4 Å². The third kappa shape index (κ3) is 5.53. The van der Waals surface area contributed by atoms with Crippen molar-refractivity contribution in [1.29, 1.82) is 0 Å². The Bertz CT molecular complexity index is 962. The standard InChI is InChI=1S/C25H32BNO5/c1-17-12-21(28)13-18(2)22(17)14-20(26-31-24(3,4)25(5,6)32-26)15-27-23(29)30-16-19-10-8-7-9-11-19/h7-14,28H,15-16H2,1-6H3,(H,27,29). The number of carbonyl (C=O) groups excluding carboxylic acids is 1. The van der Waals surface area contributed by atoms with Gasteiger partial charge in [-0.05, 0) is 81.4 Å². The van der Waals surface area contributed by atoms with Crippen LogP contribution in [0.25, 0.3) is 6.08 Å². The molecule has 0 aromatic heterocycles. The average molecular weight is 437 g/mol.